The predicted molar refractivity (Wildman–Crippen MR) is 119 cm³/mol. The summed E-state index contributed by atoms with van der Waals surface area (Å²) in [5, 5.41) is 7.08. The summed E-state index contributed by atoms with van der Waals surface area (Å²) in [4.78, 5) is 9.96. The lowest BCUT2D eigenvalue weighted by atomic mass is 9.99. The smallest absolute Gasteiger partial charge is 0.191 e. The summed E-state index contributed by atoms with van der Waals surface area (Å²) in [6, 6.07) is 0.576. The minimum atomic E-state index is 0. The summed E-state index contributed by atoms with van der Waals surface area (Å²) in [5.41, 5.74) is 0. The third-order valence-corrected chi connectivity index (χ3v) is 5.37. The normalized spacial score (nSPS) is 21.8. The van der Waals surface area contributed by atoms with Gasteiger partial charge < -0.3 is 20.4 Å². The van der Waals surface area contributed by atoms with Crippen LogP contribution in [0, 0.1) is 5.92 Å². The van der Waals surface area contributed by atoms with E-state index in [1.807, 2.05) is 0 Å². The molecule has 0 amide bonds. The van der Waals surface area contributed by atoms with Gasteiger partial charge in [-0.1, -0.05) is 13.8 Å². The number of nitrogens with one attached hydrogen (secondary N) is 2. The number of likely N-dealkylation sites (tertiary alicyclic amines) is 2. The van der Waals surface area contributed by atoms with Crippen molar-refractivity contribution in [2.45, 2.75) is 58.9 Å². The quantitative estimate of drug-likeness (QED) is 0.345. The molecule has 6 heteroatoms. The molecule has 2 fully saturated rings. The van der Waals surface area contributed by atoms with E-state index in [9.17, 15) is 0 Å². The van der Waals surface area contributed by atoms with Gasteiger partial charge in [-0.3, -0.25) is 4.99 Å². The van der Waals surface area contributed by atoms with Crippen molar-refractivity contribution in [3.63, 3.8) is 0 Å². The second kappa shape index (κ2) is 13.1. The highest BCUT2D eigenvalue weighted by Crippen LogP contribution is 2.15. The lowest BCUT2D eigenvalue weighted by Crippen LogP contribution is -2.49. The van der Waals surface area contributed by atoms with Crippen LogP contribution in [0.5, 0.6) is 0 Å². The summed E-state index contributed by atoms with van der Waals surface area (Å²) in [7, 11) is 0. The highest BCUT2D eigenvalue weighted by molar-refractivity contribution is 14.0. The lowest BCUT2D eigenvalue weighted by molar-refractivity contribution is 0.197. The van der Waals surface area contributed by atoms with Crippen molar-refractivity contribution in [1.82, 2.24) is 20.4 Å². The molecule has 0 unspecified atom stereocenters. The Kier molecular flexibility index (Phi) is 12.1. The summed E-state index contributed by atoms with van der Waals surface area (Å²) >= 11 is 0. The number of hydrogen-bond acceptors (Lipinski definition) is 3. The molecule has 2 saturated heterocycles. The van der Waals surface area contributed by atoms with Gasteiger partial charge in [-0.25, -0.2) is 0 Å². The molecule has 2 heterocycles. The van der Waals surface area contributed by atoms with Crippen LogP contribution in [-0.2, 0) is 0 Å². The second-order valence-electron chi connectivity index (χ2n) is 7.55. The third kappa shape index (κ3) is 8.91. The Labute approximate surface area is 172 Å². The first-order valence-electron chi connectivity index (χ1n) is 10.2. The fraction of sp³-hybridized carbons (Fsp3) is 0.947. The maximum Gasteiger partial charge on any atom is 0.191 e. The number of rotatable bonds is 7. The Bertz CT molecular complexity index is 361. The lowest BCUT2D eigenvalue weighted by Gasteiger charge is -2.33. The van der Waals surface area contributed by atoms with E-state index in [-0.39, 0.29) is 24.0 Å². The van der Waals surface area contributed by atoms with Gasteiger partial charge >= 0.3 is 0 Å². The van der Waals surface area contributed by atoms with Crippen LogP contribution < -0.4 is 10.6 Å². The SMILES string of the molecule is CCCN1CCC(NC(=NCCN2CCC(C)CC2)NCC)CC1.I. The van der Waals surface area contributed by atoms with Gasteiger partial charge in [-0.05, 0) is 64.6 Å². The van der Waals surface area contributed by atoms with Crippen LogP contribution in [0.2, 0.25) is 0 Å². The van der Waals surface area contributed by atoms with Gasteiger partial charge in [0.1, 0.15) is 0 Å². The van der Waals surface area contributed by atoms with Crippen molar-refractivity contribution in [3.05, 3.63) is 0 Å². The summed E-state index contributed by atoms with van der Waals surface area (Å²) in [6.45, 7) is 15.9. The van der Waals surface area contributed by atoms with Crippen LogP contribution >= 0.6 is 24.0 Å². The van der Waals surface area contributed by atoms with E-state index in [1.54, 1.807) is 0 Å². The predicted octanol–water partition coefficient (Wildman–Crippen LogP) is 2.77. The van der Waals surface area contributed by atoms with Gasteiger partial charge in [0.2, 0.25) is 0 Å². The van der Waals surface area contributed by atoms with Crippen LogP contribution in [0.25, 0.3) is 0 Å². The van der Waals surface area contributed by atoms with E-state index in [2.05, 4.69) is 41.2 Å². The molecular formula is C19H40IN5. The van der Waals surface area contributed by atoms with Gasteiger partial charge in [0, 0.05) is 32.2 Å². The average molecular weight is 465 g/mol. The zero-order valence-electron chi connectivity index (χ0n) is 16.6. The highest BCUT2D eigenvalue weighted by Gasteiger charge is 2.19. The van der Waals surface area contributed by atoms with Crippen LogP contribution in [0.15, 0.2) is 4.99 Å². The monoisotopic (exact) mass is 465 g/mol. The van der Waals surface area contributed by atoms with E-state index < -0.39 is 0 Å². The van der Waals surface area contributed by atoms with Crippen molar-refractivity contribution in [3.8, 4) is 0 Å². The second-order valence-corrected chi connectivity index (χ2v) is 7.55. The van der Waals surface area contributed by atoms with Crippen molar-refractivity contribution >= 4 is 29.9 Å². The van der Waals surface area contributed by atoms with E-state index in [4.69, 9.17) is 4.99 Å². The maximum atomic E-state index is 4.82. The highest BCUT2D eigenvalue weighted by atomic mass is 127. The van der Waals surface area contributed by atoms with Crippen LogP contribution in [0.3, 0.4) is 0 Å². The van der Waals surface area contributed by atoms with Crippen LogP contribution in [0.4, 0.5) is 0 Å². The molecule has 0 saturated carbocycles. The molecule has 2 rings (SSSR count). The Hall–Kier alpha value is -0.0800. The van der Waals surface area contributed by atoms with Gasteiger partial charge in [-0.15, -0.1) is 24.0 Å². The number of guanidine groups is 1. The first kappa shape index (κ1) is 23.0. The molecule has 0 atom stereocenters. The standard InChI is InChI=1S/C19H39N5.HI/c1-4-11-23-14-8-18(9-15-23)22-19(20-5-2)21-10-16-24-12-6-17(3)7-13-24;/h17-18H,4-16H2,1-3H3,(H2,20,21,22);1H. The van der Waals surface area contributed by atoms with Gasteiger partial charge in [0.25, 0.3) is 0 Å². The molecule has 0 aromatic rings. The van der Waals surface area contributed by atoms with Crippen molar-refractivity contribution in [2.75, 3.05) is 52.4 Å². The molecule has 0 spiro atoms. The summed E-state index contributed by atoms with van der Waals surface area (Å²) in [6.07, 6.45) is 6.41. The zero-order chi connectivity index (χ0) is 17.2. The fourth-order valence-corrected chi connectivity index (χ4v) is 3.72. The van der Waals surface area contributed by atoms with Crippen LogP contribution in [-0.4, -0.2) is 74.2 Å². The van der Waals surface area contributed by atoms with E-state index >= 15 is 0 Å². The molecule has 5 nitrogen and oxygen atoms in total. The molecular weight excluding hydrogens is 425 g/mol. The number of hydrogen-bond donors (Lipinski definition) is 2. The molecule has 0 aromatic heterocycles. The molecule has 25 heavy (non-hydrogen) atoms. The van der Waals surface area contributed by atoms with Crippen molar-refractivity contribution < 1.29 is 0 Å². The molecule has 148 valence electrons. The fourth-order valence-electron chi connectivity index (χ4n) is 3.72. The number of nitrogens with zero attached hydrogens (tertiary/aromatic N) is 3. The van der Waals surface area contributed by atoms with Gasteiger partial charge in [0.15, 0.2) is 5.96 Å². The molecule has 0 aromatic carbocycles. The number of halogens is 1. The Morgan fingerprint density at radius 1 is 0.960 bits per heavy atom. The minimum absolute atomic E-state index is 0. The van der Waals surface area contributed by atoms with E-state index in [0.717, 1.165) is 31.5 Å². The average Bonchev–Trinajstić information content (AvgIpc) is 2.59. The topological polar surface area (TPSA) is 42.9 Å². The Morgan fingerprint density at radius 3 is 2.16 bits per heavy atom. The molecule has 2 aliphatic rings. The molecule has 0 radical (unpaired) electrons. The number of piperidine rings is 2. The van der Waals surface area contributed by atoms with E-state index in [1.165, 1.54) is 64.8 Å². The summed E-state index contributed by atoms with van der Waals surface area (Å²) < 4.78 is 0. The van der Waals surface area contributed by atoms with Gasteiger partial charge in [0.05, 0.1) is 6.54 Å². The molecule has 2 N–H and O–H groups in total. The van der Waals surface area contributed by atoms with Crippen molar-refractivity contribution in [1.29, 1.82) is 0 Å². The molecule has 0 aliphatic carbocycles. The number of aliphatic imine (C=N–C) groups is 1. The minimum Gasteiger partial charge on any atom is -0.357 e. The first-order chi connectivity index (χ1) is 11.7. The summed E-state index contributed by atoms with van der Waals surface area (Å²) in [5.74, 6) is 1.92. The first-order valence-corrected chi connectivity index (χ1v) is 10.2. The third-order valence-electron chi connectivity index (χ3n) is 5.37. The molecule has 0 bridgehead atoms. The Morgan fingerprint density at radius 2 is 1.56 bits per heavy atom. The van der Waals surface area contributed by atoms with E-state index in [0.29, 0.717) is 6.04 Å². The molecule has 2 aliphatic heterocycles. The zero-order valence-corrected chi connectivity index (χ0v) is 18.9. The Balaban J connectivity index is 0.00000312. The van der Waals surface area contributed by atoms with Crippen molar-refractivity contribution in [2.24, 2.45) is 10.9 Å². The van der Waals surface area contributed by atoms with Gasteiger partial charge in [-0.2, -0.15) is 0 Å². The maximum absolute atomic E-state index is 4.82. The van der Waals surface area contributed by atoms with Crippen LogP contribution in [0.1, 0.15) is 52.9 Å². The largest absolute Gasteiger partial charge is 0.357 e.